The highest BCUT2D eigenvalue weighted by molar-refractivity contribution is 6.05. The molecule has 4 rings (SSSR count). The van der Waals surface area contributed by atoms with Crippen molar-refractivity contribution < 1.29 is 24.0 Å². The number of nitrogens with zero attached hydrogens (tertiary/aromatic N) is 5. The molecule has 0 N–H and O–H groups in total. The molecule has 1 saturated heterocycles. The predicted molar refractivity (Wildman–Crippen MR) is 152 cm³/mol. The molecule has 0 saturated carbocycles. The van der Waals surface area contributed by atoms with Gasteiger partial charge in [0.25, 0.3) is 17.5 Å². The average molecular weight is 560 g/mol. The number of rotatable bonds is 7. The highest BCUT2D eigenvalue weighted by atomic mass is 16.6. The van der Waals surface area contributed by atoms with E-state index in [0.29, 0.717) is 22.6 Å². The van der Waals surface area contributed by atoms with Crippen LogP contribution in [0.3, 0.4) is 0 Å². The third kappa shape index (κ3) is 6.40. The summed E-state index contributed by atoms with van der Waals surface area (Å²) in [5, 5.41) is 11.4. The number of hydrogen-bond donors (Lipinski definition) is 0. The molecule has 2 heterocycles. The number of nitro groups is 1. The summed E-state index contributed by atoms with van der Waals surface area (Å²) in [7, 11) is 0. The van der Waals surface area contributed by atoms with Gasteiger partial charge in [-0.05, 0) is 32.8 Å². The molecule has 0 spiro atoms. The van der Waals surface area contributed by atoms with Gasteiger partial charge in [-0.1, -0.05) is 50.2 Å². The second-order valence-corrected chi connectivity index (χ2v) is 10.6. The van der Waals surface area contributed by atoms with E-state index in [4.69, 9.17) is 4.74 Å². The largest absolute Gasteiger partial charge is 0.462 e. The van der Waals surface area contributed by atoms with Crippen molar-refractivity contribution in [1.29, 1.82) is 0 Å². The van der Waals surface area contributed by atoms with Crippen molar-refractivity contribution in [2.45, 2.75) is 40.7 Å². The minimum Gasteiger partial charge on any atom is -0.462 e. The van der Waals surface area contributed by atoms with Crippen molar-refractivity contribution in [2.24, 2.45) is 5.92 Å². The first-order valence-electron chi connectivity index (χ1n) is 13.4. The van der Waals surface area contributed by atoms with E-state index in [2.05, 4.69) is 9.97 Å². The Morgan fingerprint density at radius 2 is 1.76 bits per heavy atom. The summed E-state index contributed by atoms with van der Waals surface area (Å²) in [6.07, 6.45) is 0. The SMILES string of the molecule is Cc1ccc(C(=O)N2CCN(C(=O)c3nc(-c4ccccc4)nc(C)c3C(=O)OCC(C)C)CC2C)cc1[N+](=O)[O-]. The number of carbonyl (C=O) groups excluding carboxylic acids is 3. The number of aryl methyl sites for hydroxylation is 2. The summed E-state index contributed by atoms with van der Waals surface area (Å²) in [6, 6.07) is 13.2. The highest BCUT2D eigenvalue weighted by Gasteiger charge is 2.34. The molecule has 41 heavy (non-hydrogen) atoms. The van der Waals surface area contributed by atoms with Crippen LogP contribution in [-0.4, -0.2) is 74.8 Å². The summed E-state index contributed by atoms with van der Waals surface area (Å²) in [4.78, 5) is 63.3. The number of carbonyl (C=O) groups is 3. The molecule has 1 fully saturated rings. The van der Waals surface area contributed by atoms with Crippen molar-refractivity contribution in [3.8, 4) is 11.4 Å². The number of amides is 2. The molecule has 2 aromatic carbocycles. The first-order chi connectivity index (χ1) is 19.5. The standard InChI is InChI=1S/C30H33N5O6/c1-18(2)17-41-30(38)25-21(5)31-27(22-9-7-6-8-10-22)32-26(25)29(37)33-13-14-34(20(4)16-33)28(36)23-12-11-19(3)24(15-23)35(39)40/h6-12,15,18,20H,13-14,16-17H2,1-5H3. The third-order valence-corrected chi connectivity index (χ3v) is 6.90. The normalized spacial score (nSPS) is 15.1. The number of ether oxygens (including phenoxy) is 1. The molecule has 214 valence electrons. The molecule has 1 aromatic heterocycles. The van der Waals surface area contributed by atoms with E-state index in [0.717, 1.165) is 0 Å². The van der Waals surface area contributed by atoms with Crippen LogP contribution in [0.4, 0.5) is 5.69 Å². The lowest BCUT2D eigenvalue weighted by Gasteiger charge is -2.40. The number of benzene rings is 2. The lowest BCUT2D eigenvalue weighted by atomic mass is 10.1. The molecule has 0 aliphatic carbocycles. The van der Waals surface area contributed by atoms with E-state index in [1.54, 1.807) is 42.7 Å². The lowest BCUT2D eigenvalue weighted by Crippen LogP contribution is -2.55. The molecule has 2 amide bonds. The van der Waals surface area contributed by atoms with E-state index < -0.39 is 22.8 Å². The predicted octanol–water partition coefficient (Wildman–Crippen LogP) is 4.47. The Labute approximate surface area is 238 Å². The third-order valence-electron chi connectivity index (χ3n) is 6.90. The molecule has 11 heteroatoms. The first-order valence-corrected chi connectivity index (χ1v) is 13.4. The summed E-state index contributed by atoms with van der Waals surface area (Å²) in [6.45, 7) is 9.66. The smallest absolute Gasteiger partial charge is 0.342 e. The van der Waals surface area contributed by atoms with Gasteiger partial charge in [0.05, 0.1) is 17.2 Å². The van der Waals surface area contributed by atoms with E-state index in [1.165, 1.54) is 6.07 Å². The van der Waals surface area contributed by atoms with Gasteiger partial charge in [-0.15, -0.1) is 0 Å². The van der Waals surface area contributed by atoms with Gasteiger partial charge in [-0.3, -0.25) is 19.7 Å². The van der Waals surface area contributed by atoms with E-state index >= 15 is 0 Å². The molecule has 0 radical (unpaired) electrons. The molecule has 11 nitrogen and oxygen atoms in total. The Balaban J connectivity index is 1.62. The Kier molecular flexibility index (Phi) is 8.75. The summed E-state index contributed by atoms with van der Waals surface area (Å²) in [5.74, 6) is -1.06. The van der Waals surface area contributed by atoms with Gasteiger partial charge < -0.3 is 14.5 Å². The average Bonchev–Trinajstić information content (AvgIpc) is 2.95. The van der Waals surface area contributed by atoms with Crippen LogP contribution < -0.4 is 0 Å². The Morgan fingerprint density at radius 3 is 2.39 bits per heavy atom. The first kappa shape index (κ1) is 29.3. The molecule has 1 atom stereocenters. The van der Waals surface area contributed by atoms with Crippen molar-refractivity contribution in [2.75, 3.05) is 26.2 Å². The fraction of sp³-hybridized carbons (Fsp3) is 0.367. The lowest BCUT2D eigenvalue weighted by molar-refractivity contribution is -0.385. The molecule has 1 aliphatic rings. The minimum absolute atomic E-state index is 0.0217. The Morgan fingerprint density at radius 1 is 1.05 bits per heavy atom. The molecule has 1 aliphatic heterocycles. The number of piperazine rings is 1. The maximum absolute atomic E-state index is 13.9. The summed E-state index contributed by atoms with van der Waals surface area (Å²) < 4.78 is 5.46. The van der Waals surface area contributed by atoms with Crippen LogP contribution in [0, 0.1) is 29.9 Å². The van der Waals surface area contributed by atoms with Gasteiger partial charge in [-0.25, -0.2) is 14.8 Å². The molecule has 0 bridgehead atoms. The number of hydrogen-bond acceptors (Lipinski definition) is 8. The zero-order valence-electron chi connectivity index (χ0n) is 23.8. The van der Waals surface area contributed by atoms with Crippen molar-refractivity contribution in [1.82, 2.24) is 19.8 Å². The minimum atomic E-state index is -0.665. The number of esters is 1. The fourth-order valence-electron chi connectivity index (χ4n) is 4.70. The quantitative estimate of drug-likeness (QED) is 0.235. The number of aromatic nitrogens is 2. The highest BCUT2D eigenvalue weighted by Crippen LogP contribution is 2.25. The van der Waals surface area contributed by atoms with Crippen LogP contribution in [0.5, 0.6) is 0 Å². The monoisotopic (exact) mass is 559 g/mol. The van der Waals surface area contributed by atoms with Gasteiger partial charge in [0, 0.05) is 48.4 Å². The second kappa shape index (κ2) is 12.2. The van der Waals surface area contributed by atoms with E-state index in [1.807, 2.05) is 44.2 Å². The Hall–Kier alpha value is -4.67. The maximum Gasteiger partial charge on any atom is 0.342 e. The van der Waals surface area contributed by atoms with Crippen molar-refractivity contribution >= 4 is 23.5 Å². The van der Waals surface area contributed by atoms with Crippen molar-refractivity contribution in [3.63, 3.8) is 0 Å². The number of nitro benzene ring substituents is 1. The molecular weight excluding hydrogens is 526 g/mol. The zero-order valence-corrected chi connectivity index (χ0v) is 23.8. The summed E-state index contributed by atoms with van der Waals surface area (Å²) >= 11 is 0. The maximum atomic E-state index is 13.9. The van der Waals surface area contributed by atoms with Crippen LogP contribution in [0.1, 0.15) is 63.2 Å². The van der Waals surface area contributed by atoms with Crippen LogP contribution >= 0.6 is 0 Å². The molecule has 1 unspecified atom stereocenters. The van der Waals surface area contributed by atoms with Crippen LogP contribution in [0.2, 0.25) is 0 Å². The molecule has 3 aromatic rings. The van der Waals surface area contributed by atoms with Gasteiger partial charge in [0.2, 0.25) is 0 Å². The van der Waals surface area contributed by atoms with Crippen molar-refractivity contribution in [3.05, 3.63) is 86.7 Å². The van der Waals surface area contributed by atoms with Gasteiger partial charge in [-0.2, -0.15) is 0 Å². The zero-order chi connectivity index (χ0) is 29.8. The van der Waals surface area contributed by atoms with Gasteiger partial charge >= 0.3 is 5.97 Å². The van der Waals surface area contributed by atoms with Gasteiger partial charge in [0.1, 0.15) is 11.3 Å². The van der Waals surface area contributed by atoms with Gasteiger partial charge in [0.15, 0.2) is 5.82 Å². The summed E-state index contributed by atoms with van der Waals surface area (Å²) in [5.41, 5.74) is 1.56. The van der Waals surface area contributed by atoms with E-state index in [-0.39, 0.29) is 60.6 Å². The van der Waals surface area contributed by atoms with E-state index in [9.17, 15) is 24.5 Å². The molecular formula is C30H33N5O6. The van der Waals surface area contributed by atoms with Crippen LogP contribution in [-0.2, 0) is 4.74 Å². The Bertz CT molecular complexity index is 1490. The van der Waals surface area contributed by atoms with Crippen LogP contribution in [0.15, 0.2) is 48.5 Å². The second-order valence-electron chi connectivity index (χ2n) is 10.6. The fourth-order valence-corrected chi connectivity index (χ4v) is 4.70. The topological polar surface area (TPSA) is 136 Å². The van der Waals surface area contributed by atoms with Crippen LogP contribution in [0.25, 0.3) is 11.4 Å².